The van der Waals surface area contributed by atoms with Crippen LogP contribution in [-0.4, -0.2) is 23.8 Å². The molecule has 0 aromatic carbocycles. The van der Waals surface area contributed by atoms with Gasteiger partial charge in [-0.05, 0) is 71.1 Å². The summed E-state index contributed by atoms with van der Waals surface area (Å²) in [4.78, 5) is 0. The Morgan fingerprint density at radius 2 is 1.67 bits per heavy atom. The lowest BCUT2D eigenvalue weighted by molar-refractivity contribution is -0.0550. The van der Waals surface area contributed by atoms with E-state index < -0.39 is 0 Å². The molecule has 1 saturated carbocycles. The van der Waals surface area contributed by atoms with Crippen LogP contribution >= 0.6 is 0 Å². The Labute approximate surface area is 132 Å². The van der Waals surface area contributed by atoms with Crippen molar-refractivity contribution in [3.05, 3.63) is 0 Å². The van der Waals surface area contributed by atoms with Crippen molar-refractivity contribution in [3.8, 4) is 0 Å². The molecule has 0 radical (unpaired) electrons. The van der Waals surface area contributed by atoms with E-state index >= 15 is 0 Å². The van der Waals surface area contributed by atoms with Gasteiger partial charge in [-0.15, -0.1) is 0 Å². The average Bonchev–Trinajstić information content (AvgIpc) is 3.05. The van der Waals surface area contributed by atoms with Gasteiger partial charge in [-0.3, -0.25) is 0 Å². The van der Waals surface area contributed by atoms with E-state index in [1.54, 1.807) is 0 Å². The first-order valence-corrected chi connectivity index (χ1v) is 9.25. The van der Waals surface area contributed by atoms with Crippen molar-refractivity contribution in [3.63, 3.8) is 0 Å². The molecule has 1 aliphatic heterocycles. The highest BCUT2D eigenvalue weighted by Gasteiger charge is 2.44. The highest BCUT2D eigenvalue weighted by molar-refractivity contribution is 4.95. The topological polar surface area (TPSA) is 21.3 Å². The molecule has 21 heavy (non-hydrogen) atoms. The van der Waals surface area contributed by atoms with Gasteiger partial charge < -0.3 is 10.1 Å². The molecule has 1 N–H and O–H groups in total. The molecule has 2 fully saturated rings. The summed E-state index contributed by atoms with van der Waals surface area (Å²) in [6.45, 7) is 12.6. The second-order valence-electron chi connectivity index (χ2n) is 8.68. The number of ether oxygens (including phenoxy) is 1. The molecular formula is C19H37NO. The van der Waals surface area contributed by atoms with Crippen LogP contribution in [-0.2, 0) is 4.74 Å². The Kier molecular flexibility index (Phi) is 5.41. The maximum absolute atomic E-state index is 6.57. The molecule has 2 rings (SSSR count). The summed E-state index contributed by atoms with van der Waals surface area (Å²) >= 11 is 0. The molecule has 0 amide bonds. The zero-order chi connectivity index (χ0) is 15.6. The maximum atomic E-state index is 6.57. The first-order valence-electron chi connectivity index (χ1n) is 9.25. The SMILES string of the molecule is CCC(CC)(CNC(C)(C)C)CC1CCC2(CCCC2)O1. The minimum atomic E-state index is 0.207. The average molecular weight is 296 g/mol. The molecule has 1 unspecified atom stereocenters. The van der Waals surface area contributed by atoms with Crippen LogP contribution in [0.2, 0.25) is 0 Å². The van der Waals surface area contributed by atoms with E-state index in [4.69, 9.17) is 4.74 Å². The first kappa shape index (κ1) is 17.3. The molecule has 2 aliphatic rings. The molecule has 1 saturated heterocycles. The molecule has 124 valence electrons. The van der Waals surface area contributed by atoms with Crippen LogP contribution in [0.5, 0.6) is 0 Å². The van der Waals surface area contributed by atoms with Crippen LogP contribution in [0.1, 0.15) is 92.4 Å². The molecule has 1 aliphatic carbocycles. The number of nitrogens with one attached hydrogen (secondary N) is 1. The van der Waals surface area contributed by atoms with E-state index in [2.05, 4.69) is 39.9 Å². The molecule has 0 aromatic rings. The van der Waals surface area contributed by atoms with Crippen molar-refractivity contribution in [1.82, 2.24) is 5.32 Å². The van der Waals surface area contributed by atoms with Gasteiger partial charge in [-0.2, -0.15) is 0 Å². The van der Waals surface area contributed by atoms with Crippen LogP contribution in [0.3, 0.4) is 0 Å². The lowest BCUT2D eigenvalue weighted by Crippen LogP contribution is -2.45. The minimum absolute atomic E-state index is 0.207. The second-order valence-corrected chi connectivity index (χ2v) is 8.68. The van der Waals surface area contributed by atoms with Gasteiger partial charge in [0.25, 0.3) is 0 Å². The molecule has 0 aromatic heterocycles. The third-order valence-corrected chi connectivity index (χ3v) is 6.01. The molecule has 1 atom stereocenters. The zero-order valence-corrected chi connectivity index (χ0v) is 15.1. The maximum Gasteiger partial charge on any atom is 0.0687 e. The fourth-order valence-corrected chi connectivity index (χ4v) is 4.22. The zero-order valence-electron chi connectivity index (χ0n) is 15.1. The quantitative estimate of drug-likeness (QED) is 0.739. The third-order valence-electron chi connectivity index (χ3n) is 6.01. The van der Waals surface area contributed by atoms with E-state index in [0.29, 0.717) is 11.5 Å². The fourth-order valence-electron chi connectivity index (χ4n) is 4.22. The van der Waals surface area contributed by atoms with Gasteiger partial charge in [0.1, 0.15) is 0 Å². The largest absolute Gasteiger partial charge is 0.372 e. The van der Waals surface area contributed by atoms with Crippen LogP contribution in [0.4, 0.5) is 0 Å². The van der Waals surface area contributed by atoms with Gasteiger partial charge in [0.05, 0.1) is 11.7 Å². The van der Waals surface area contributed by atoms with Crippen LogP contribution < -0.4 is 5.32 Å². The second kappa shape index (κ2) is 6.58. The summed E-state index contributed by atoms with van der Waals surface area (Å²) in [5, 5.41) is 3.74. The lowest BCUT2D eigenvalue weighted by Gasteiger charge is -2.37. The van der Waals surface area contributed by atoms with Crippen molar-refractivity contribution < 1.29 is 4.74 Å². The van der Waals surface area contributed by atoms with Gasteiger partial charge in [-0.25, -0.2) is 0 Å². The Morgan fingerprint density at radius 3 is 2.19 bits per heavy atom. The molecule has 2 nitrogen and oxygen atoms in total. The Bertz CT molecular complexity index is 321. The van der Waals surface area contributed by atoms with Gasteiger partial charge >= 0.3 is 0 Å². The lowest BCUT2D eigenvalue weighted by atomic mass is 9.76. The number of hydrogen-bond acceptors (Lipinski definition) is 2. The fraction of sp³-hybridized carbons (Fsp3) is 1.00. The highest BCUT2D eigenvalue weighted by atomic mass is 16.5. The predicted molar refractivity (Wildman–Crippen MR) is 90.7 cm³/mol. The summed E-state index contributed by atoms with van der Waals surface area (Å²) in [7, 11) is 0. The first-order chi connectivity index (χ1) is 9.82. The molecule has 1 spiro atoms. The molecular weight excluding hydrogens is 258 g/mol. The molecule has 1 heterocycles. The highest BCUT2D eigenvalue weighted by Crippen LogP contribution is 2.46. The standard InChI is InChI=1S/C19H37NO/c1-6-18(7-2,15-20-17(3,4)5)14-16-10-13-19(21-16)11-8-9-12-19/h16,20H,6-15H2,1-5H3. The third kappa shape index (κ3) is 4.45. The minimum Gasteiger partial charge on any atom is -0.372 e. The normalized spacial score (nSPS) is 25.9. The Balaban J connectivity index is 1.93. The van der Waals surface area contributed by atoms with Crippen molar-refractivity contribution >= 4 is 0 Å². The smallest absolute Gasteiger partial charge is 0.0687 e. The van der Waals surface area contributed by atoms with E-state index in [0.717, 1.165) is 6.54 Å². The Morgan fingerprint density at radius 1 is 1.05 bits per heavy atom. The molecule has 2 heteroatoms. The van der Waals surface area contributed by atoms with Crippen LogP contribution in [0.25, 0.3) is 0 Å². The van der Waals surface area contributed by atoms with E-state index in [1.165, 1.54) is 57.8 Å². The van der Waals surface area contributed by atoms with E-state index in [-0.39, 0.29) is 11.1 Å². The summed E-state index contributed by atoms with van der Waals surface area (Å²) in [5.41, 5.74) is 0.899. The number of hydrogen-bond donors (Lipinski definition) is 1. The van der Waals surface area contributed by atoms with Gasteiger partial charge in [0.2, 0.25) is 0 Å². The van der Waals surface area contributed by atoms with Gasteiger partial charge in [0.15, 0.2) is 0 Å². The summed E-state index contributed by atoms with van der Waals surface area (Å²) < 4.78 is 6.57. The Hall–Kier alpha value is -0.0800. The monoisotopic (exact) mass is 295 g/mol. The van der Waals surface area contributed by atoms with Gasteiger partial charge in [0, 0.05) is 12.1 Å². The summed E-state index contributed by atoms with van der Waals surface area (Å²) in [6, 6.07) is 0. The summed E-state index contributed by atoms with van der Waals surface area (Å²) in [5.74, 6) is 0. The van der Waals surface area contributed by atoms with Crippen LogP contribution in [0.15, 0.2) is 0 Å². The van der Waals surface area contributed by atoms with Crippen molar-refractivity contribution in [2.45, 2.75) is 110 Å². The van der Waals surface area contributed by atoms with E-state index in [1.807, 2.05) is 0 Å². The van der Waals surface area contributed by atoms with E-state index in [9.17, 15) is 0 Å². The van der Waals surface area contributed by atoms with Gasteiger partial charge in [-0.1, -0.05) is 26.7 Å². The van der Waals surface area contributed by atoms with Crippen molar-refractivity contribution in [2.75, 3.05) is 6.54 Å². The predicted octanol–water partition coefficient (Wildman–Crippen LogP) is 5.06. The van der Waals surface area contributed by atoms with Crippen LogP contribution in [0, 0.1) is 5.41 Å². The van der Waals surface area contributed by atoms with Crippen molar-refractivity contribution in [2.24, 2.45) is 5.41 Å². The summed E-state index contributed by atoms with van der Waals surface area (Å²) in [6.07, 6.45) is 12.2. The molecule has 0 bridgehead atoms. The number of rotatable bonds is 6. The van der Waals surface area contributed by atoms with Crippen molar-refractivity contribution in [1.29, 1.82) is 0 Å².